The molecule has 2 heterocycles. The van der Waals surface area contributed by atoms with E-state index in [0.29, 0.717) is 43.4 Å². The minimum atomic E-state index is -0.00892. The number of nitrogens with zero attached hydrogens (tertiary/aromatic N) is 4. The Labute approximate surface area is 134 Å². The van der Waals surface area contributed by atoms with Crippen LogP contribution in [0.25, 0.3) is 0 Å². The zero-order chi connectivity index (χ0) is 16.2. The molecule has 0 unspecified atom stereocenters. The Kier molecular flexibility index (Phi) is 4.45. The maximum absolute atomic E-state index is 12.6. The number of benzene rings is 1. The zero-order valence-corrected chi connectivity index (χ0v) is 13.3. The molecule has 7 nitrogen and oxygen atoms in total. The van der Waals surface area contributed by atoms with E-state index in [0.717, 1.165) is 0 Å². The molecule has 2 aromatic rings. The van der Waals surface area contributed by atoms with E-state index in [1.807, 2.05) is 20.0 Å². The molecule has 0 atom stereocenters. The molecule has 1 saturated heterocycles. The topological polar surface area (TPSA) is 69.5 Å². The summed E-state index contributed by atoms with van der Waals surface area (Å²) in [6.07, 6.45) is 3.46. The molecule has 1 aromatic heterocycles. The number of amides is 1. The Hall–Kier alpha value is -2.57. The fourth-order valence-electron chi connectivity index (χ4n) is 2.57. The van der Waals surface area contributed by atoms with Crippen LogP contribution in [0.1, 0.15) is 30.2 Å². The highest BCUT2D eigenvalue weighted by molar-refractivity contribution is 5.95. The van der Waals surface area contributed by atoms with Crippen LogP contribution in [0.2, 0.25) is 0 Å². The quantitative estimate of drug-likeness (QED) is 0.812. The zero-order valence-electron chi connectivity index (χ0n) is 13.3. The van der Waals surface area contributed by atoms with Crippen molar-refractivity contribution in [2.75, 3.05) is 26.3 Å². The maximum Gasteiger partial charge on any atom is 0.254 e. The third kappa shape index (κ3) is 3.13. The van der Waals surface area contributed by atoms with Crippen molar-refractivity contribution < 1.29 is 14.3 Å². The lowest BCUT2D eigenvalue weighted by molar-refractivity contribution is 0.0498. The summed E-state index contributed by atoms with van der Waals surface area (Å²) < 4.78 is 12.9. The molecule has 1 amide bonds. The van der Waals surface area contributed by atoms with Crippen molar-refractivity contribution in [2.24, 2.45) is 0 Å². The van der Waals surface area contributed by atoms with Gasteiger partial charge in [0.05, 0.1) is 25.5 Å². The lowest BCUT2D eigenvalue weighted by atomic mass is 10.1. The summed E-state index contributed by atoms with van der Waals surface area (Å²) in [6, 6.07) is 5.52. The fourth-order valence-corrected chi connectivity index (χ4v) is 2.57. The van der Waals surface area contributed by atoms with Crippen molar-refractivity contribution >= 4 is 5.91 Å². The van der Waals surface area contributed by atoms with E-state index in [-0.39, 0.29) is 11.9 Å². The van der Waals surface area contributed by atoms with Crippen LogP contribution in [0.3, 0.4) is 0 Å². The van der Waals surface area contributed by atoms with Gasteiger partial charge < -0.3 is 14.4 Å². The Morgan fingerprint density at radius 2 is 1.96 bits per heavy atom. The second-order valence-corrected chi connectivity index (χ2v) is 5.27. The molecule has 0 spiro atoms. The first-order valence-corrected chi connectivity index (χ1v) is 7.77. The standard InChI is InChI=1S/C16H20N4O3/c1-3-22-14-6-5-12(9-15(14)23-4-2)16(21)19-10-13(11-19)20-8-7-17-18-20/h5-9,13H,3-4,10-11H2,1-2H3. The van der Waals surface area contributed by atoms with Crippen LogP contribution >= 0.6 is 0 Å². The van der Waals surface area contributed by atoms with E-state index in [2.05, 4.69) is 10.3 Å². The summed E-state index contributed by atoms with van der Waals surface area (Å²) in [5.74, 6) is 1.26. The van der Waals surface area contributed by atoms with Crippen LogP contribution in [0, 0.1) is 0 Å². The number of carbonyl (C=O) groups is 1. The van der Waals surface area contributed by atoms with Gasteiger partial charge in [0, 0.05) is 24.8 Å². The number of rotatable bonds is 6. The molecule has 0 saturated carbocycles. The van der Waals surface area contributed by atoms with Gasteiger partial charge in [0.15, 0.2) is 11.5 Å². The third-order valence-corrected chi connectivity index (χ3v) is 3.75. The van der Waals surface area contributed by atoms with Crippen LogP contribution in [-0.4, -0.2) is 52.1 Å². The molecular weight excluding hydrogens is 296 g/mol. The van der Waals surface area contributed by atoms with Gasteiger partial charge in [-0.05, 0) is 32.0 Å². The minimum Gasteiger partial charge on any atom is -0.490 e. The van der Waals surface area contributed by atoms with Gasteiger partial charge in [-0.2, -0.15) is 0 Å². The summed E-state index contributed by atoms with van der Waals surface area (Å²) in [5, 5.41) is 7.76. The highest BCUT2D eigenvalue weighted by Crippen LogP contribution is 2.30. The Morgan fingerprint density at radius 1 is 1.22 bits per heavy atom. The summed E-state index contributed by atoms with van der Waals surface area (Å²) in [4.78, 5) is 14.3. The summed E-state index contributed by atoms with van der Waals surface area (Å²) in [6.45, 7) is 6.18. The first kappa shape index (κ1) is 15.3. The largest absolute Gasteiger partial charge is 0.490 e. The predicted octanol–water partition coefficient (Wildman–Crippen LogP) is 1.77. The summed E-state index contributed by atoms with van der Waals surface area (Å²) >= 11 is 0. The smallest absolute Gasteiger partial charge is 0.254 e. The number of hydrogen-bond acceptors (Lipinski definition) is 5. The molecule has 23 heavy (non-hydrogen) atoms. The molecule has 1 aliphatic heterocycles. The van der Waals surface area contributed by atoms with Gasteiger partial charge in [0.2, 0.25) is 0 Å². The van der Waals surface area contributed by atoms with Gasteiger partial charge >= 0.3 is 0 Å². The minimum absolute atomic E-state index is 0.00892. The summed E-state index contributed by atoms with van der Waals surface area (Å²) in [7, 11) is 0. The molecule has 0 aliphatic carbocycles. The number of likely N-dealkylation sites (tertiary alicyclic amines) is 1. The average Bonchev–Trinajstić information content (AvgIpc) is 3.02. The van der Waals surface area contributed by atoms with Crippen LogP contribution in [0.5, 0.6) is 11.5 Å². The molecule has 1 aliphatic rings. The average molecular weight is 316 g/mol. The lowest BCUT2D eigenvalue weighted by Crippen LogP contribution is -2.50. The monoisotopic (exact) mass is 316 g/mol. The van der Waals surface area contributed by atoms with Crippen LogP contribution in [0.4, 0.5) is 0 Å². The number of hydrogen-bond donors (Lipinski definition) is 0. The highest BCUT2D eigenvalue weighted by atomic mass is 16.5. The van der Waals surface area contributed by atoms with Crippen molar-refractivity contribution in [1.82, 2.24) is 19.9 Å². The van der Waals surface area contributed by atoms with Crippen molar-refractivity contribution in [1.29, 1.82) is 0 Å². The second-order valence-electron chi connectivity index (χ2n) is 5.27. The molecule has 1 aromatic carbocycles. The number of carbonyl (C=O) groups excluding carboxylic acids is 1. The fraction of sp³-hybridized carbons (Fsp3) is 0.438. The Morgan fingerprint density at radius 3 is 2.61 bits per heavy atom. The third-order valence-electron chi connectivity index (χ3n) is 3.75. The predicted molar refractivity (Wildman–Crippen MR) is 83.7 cm³/mol. The van der Waals surface area contributed by atoms with Gasteiger partial charge in [-0.1, -0.05) is 5.21 Å². The van der Waals surface area contributed by atoms with Gasteiger partial charge in [0.1, 0.15) is 0 Å². The Balaban J connectivity index is 1.69. The molecule has 0 bridgehead atoms. The molecule has 0 radical (unpaired) electrons. The van der Waals surface area contributed by atoms with Crippen molar-refractivity contribution in [3.8, 4) is 11.5 Å². The first-order chi connectivity index (χ1) is 11.2. The van der Waals surface area contributed by atoms with E-state index in [4.69, 9.17) is 9.47 Å². The van der Waals surface area contributed by atoms with Gasteiger partial charge in [0.25, 0.3) is 5.91 Å². The maximum atomic E-state index is 12.6. The van der Waals surface area contributed by atoms with Crippen molar-refractivity contribution in [2.45, 2.75) is 19.9 Å². The van der Waals surface area contributed by atoms with Crippen LogP contribution in [0.15, 0.2) is 30.6 Å². The Bertz CT molecular complexity index is 666. The van der Waals surface area contributed by atoms with E-state index < -0.39 is 0 Å². The molecule has 1 fully saturated rings. The molecule has 7 heteroatoms. The number of ether oxygens (including phenoxy) is 2. The lowest BCUT2D eigenvalue weighted by Gasteiger charge is -2.38. The molecule has 0 N–H and O–H groups in total. The van der Waals surface area contributed by atoms with Crippen molar-refractivity contribution in [3.63, 3.8) is 0 Å². The van der Waals surface area contributed by atoms with E-state index >= 15 is 0 Å². The second kappa shape index (κ2) is 6.68. The van der Waals surface area contributed by atoms with E-state index in [1.54, 1.807) is 34.0 Å². The normalized spacial score (nSPS) is 14.4. The van der Waals surface area contributed by atoms with Gasteiger partial charge in [-0.15, -0.1) is 5.10 Å². The van der Waals surface area contributed by atoms with Gasteiger partial charge in [-0.25, -0.2) is 4.68 Å². The molecular formula is C16H20N4O3. The number of aromatic nitrogens is 3. The van der Waals surface area contributed by atoms with E-state index in [9.17, 15) is 4.79 Å². The SMILES string of the molecule is CCOc1ccc(C(=O)N2CC(n3ccnn3)C2)cc1OCC. The van der Waals surface area contributed by atoms with Crippen LogP contribution in [-0.2, 0) is 0 Å². The van der Waals surface area contributed by atoms with Gasteiger partial charge in [-0.3, -0.25) is 4.79 Å². The molecule has 122 valence electrons. The van der Waals surface area contributed by atoms with Crippen molar-refractivity contribution in [3.05, 3.63) is 36.2 Å². The van der Waals surface area contributed by atoms with Crippen LogP contribution < -0.4 is 9.47 Å². The summed E-state index contributed by atoms with van der Waals surface area (Å²) in [5.41, 5.74) is 0.606. The first-order valence-electron chi connectivity index (χ1n) is 7.77. The molecule has 3 rings (SSSR count). The highest BCUT2D eigenvalue weighted by Gasteiger charge is 2.33. The van der Waals surface area contributed by atoms with E-state index in [1.165, 1.54) is 0 Å².